The van der Waals surface area contributed by atoms with Crippen LogP contribution in [-0.4, -0.2) is 35.7 Å². The molecule has 0 aliphatic heterocycles. The van der Waals surface area contributed by atoms with Crippen LogP contribution in [0.25, 0.3) is 17.0 Å². The largest absolute Gasteiger partial charge is 0.460 e. The fraction of sp³-hybridized carbons (Fsp3) is 0.222. The Bertz CT molecular complexity index is 1510. The molecule has 0 unspecified atom stereocenters. The van der Waals surface area contributed by atoms with E-state index >= 15 is 0 Å². The van der Waals surface area contributed by atoms with E-state index in [9.17, 15) is 14.4 Å². The van der Waals surface area contributed by atoms with E-state index in [-0.39, 0.29) is 31.2 Å². The number of ether oxygens (including phenoxy) is 1. The maximum atomic E-state index is 13.4. The van der Waals surface area contributed by atoms with Gasteiger partial charge >= 0.3 is 5.69 Å². The normalized spacial score (nSPS) is 11.4. The molecule has 0 aliphatic carbocycles. The summed E-state index contributed by atoms with van der Waals surface area (Å²) in [5.74, 6) is 0.160. The Balaban J connectivity index is 1.74. The lowest BCUT2D eigenvalue weighted by atomic mass is 10.1. The number of hydrogen-bond donors (Lipinski definition) is 2. The second-order valence-electron chi connectivity index (χ2n) is 8.17. The Kier molecular flexibility index (Phi) is 7.50. The first-order valence-corrected chi connectivity index (χ1v) is 11.6. The first kappa shape index (κ1) is 24.7. The van der Waals surface area contributed by atoms with Crippen molar-refractivity contribution >= 4 is 34.5 Å². The predicted molar refractivity (Wildman–Crippen MR) is 140 cm³/mol. The average molecular weight is 489 g/mol. The molecule has 2 heterocycles. The number of rotatable bonds is 9. The molecule has 9 heteroatoms. The highest BCUT2D eigenvalue weighted by Crippen LogP contribution is 2.28. The van der Waals surface area contributed by atoms with Crippen LogP contribution < -0.4 is 21.9 Å². The van der Waals surface area contributed by atoms with E-state index in [1.807, 2.05) is 61.5 Å². The number of H-pyrrole nitrogens is 1. The van der Waals surface area contributed by atoms with Gasteiger partial charge in [0.1, 0.15) is 17.2 Å². The van der Waals surface area contributed by atoms with E-state index in [4.69, 9.17) is 14.9 Å². The summed E-state index contributed by atoms with van der Waals surface area (Å²) in [6.45, 7) is 2.32. The lowest BCUT2D eigenvalue weighted by Gasteiger charge is -2.23. The van der Waals surface area contributed by atoms with Crippen molar-refractivity contribution in [2.75, 3.05) is 30.9 Å². The quantitative estimate of drug-likeness (QED) is 0.349. The topological polar surface area (TPSA) is 124 Å². The summed E-state index contributed by atoms with van der Waals surface area (Å²) in [5.41, 5.74) is 7.15. The van der Waals surface area contributed by atoms with Gasteiger partial charge in [0.2, 0.25) is 0 Å². The summed E-state index contributed by atoms with van der Waals surface area (Å²) in [4.78, 5) is 42.3. The number of nitrogen functional groups attached to an aromatic ring is 1. The maximum Gasteiger partial charge on any atom is 0.330 e. The number of benzene rings is 2. The third-order valence-electron chi connectivity index (χ3n) is 5.88. The first-order chi connectivity index (χ1) is 17.4. The number of hydrogen-bond acceptors (Lipinski definition) is 6. The number of methoxy groups -OCH3 is 1. The zero-order valence-corrected chi connectivity index (χ0v) is 20.2. The number of carbonyl (C=O) groups excluding carboxylic acids is 1. The summed E-state index contributed by atoms with van der Waals surface area (Å²) >= 11 is 0. The number of amides is 1. The molecule has 2 aromatic carbocycles. The van der Waals surface area contributed by atoms with Crippen molar-refractivity contribution in [3.05, 3.63) is 98.4 Å². The highest BCUT2D eigenvalue weighted by atomic mass is 16.5. The minimum atomic E-state index is -0.748. The van der Waals surface area contributed by atoms with Gasteiger partial charge in [-0.25, -0.2) is 4.79 Å². The zero-order valence-electron chi connectivity index (χ0n) is 20.2. The zero-order chi connectivity index (χ0) is 25.7. The number of aryl methyl sites for hydroxylation is 1. The molecule has 9 nitrogen and oxygen atoms in total. The number of para-hydroxylation sites is 1. The molecule has 0 bridgehead atoms. The Hall–Kier alpha value is -4.37. The predicted octanol–water partition coefficient (Wildman–Crippen LogP) is 3.17. The number of nitrogens with two attached hydrogens (primary N) is 1. The lowest BCUT2D eigenvalue weighted by Crippen LogP contribution is -2.42. The molecule has 3 N–H and O–H groups in total. The molecule has 1 amide bonds. The number of anilines is 2. The number of carbonyl (C=O) groups is 1. The van der Waals surface area contributed by atoms with Crippen molar-refractivity contribution in [3.63, 3.8) is 0 Å². The van der Waals surface area contributed by atoms with Crippen molar-refractivity contribution in [2.24, 2.45) is 0 Å². The molecule has 36 heavy (non-hydrogen) atoms. The molecule has 0 aliphatic rings. The number of aromatic amines is 1. The lowest BCUT2D eigenvalue weighted by molar-refractivity contribution is -0.114. The number of nitrogens with one attached hydrogen (secondary N) is 1. The third-order valence-corrected chi connectivity index (χ3v) is 5.88. The molecular formula is C27H28N4O5. The van der Waals surface area contributed by atoms with Gasteiger partial charge in [0.25, 0.3) is 11.5 Å². The molecule has 186 valence electrons. The van der Waals surface area contributed by atoms with Crippen molar-refractivity contribution in [3.8, 4) is 0 Å². The molecule has 0 atom stereocenters. The van der Waals surface area contributed by atoms with Crippen LogP contribution in [0.4, 0.5) is 11.5 Å². The standard InChI is InChI=1S/C27H28N4O5/c1-3-21-20(19-11-7-8-12-22(19)36-21)13-14-23(32)30(15-16-35-2)24-25(28)31(27(34)29-26(24)33)17-18-9-5-4-6-10-18/h4-14H,3,15-17,28H2,1-2H3,(H,29,33,34)/b14-13+. The Morgan fingerprint density at radius 3 is 2.58 bits per heavy atom. The Labute approximate surface area is 207 Å². The van der Waals surface area contributed by atoms with Crippen molar-refractivity contribution in [1.29, 1.82) is 0 Å². The smallest absolute Gasteiger partial charge is 0.330 e. The van der Waals surface area contributed by atoms with Gasteiger partial charge in [-0.05, 0) is 17.7 Å². The van der Waals surface area contributed by atoms with Crippen molar-refractivity contribution in [2.45, 2.75) is 19.9 Å². The summed E-state index contributed by atoms with van der Waals surface area (Å²) < 4.78 is 12.3. The minimum absolute atomic E-state index is 0.0588. The average Bonchev–Trinajstić information content (AvgIpc) is 3.25. The van der Waals surface area contributed by atoms with Gasteiger partial charge < -0.3 is 14.9 Å². The van der Waals surface area contributed by atoms with E-state index in [0.29, 0.717) is 6.42 Å². The fourth-order valence-corrected chi connectivity index (χ4v) is 4.08. The van der Waals surface area contributed by atoms with E-state index in [0.717, 1.165) is 27.9 Å². The van der Waals surface area contributed by atoms with Gasteiger partial charge in [0.05, 0.1) is 13.2 Å². The number of furan rings is 1. The van der Waals surface area contributed by atoms with Crippen LogP contribution in [0.3, 0.4) is 0 Å². The minimum Gasteiger partial charge on any atom is -0.460 e. The van der Waals surface area contributed by atoms with Gasteiger partial charge in [0, 0.05) is 37.1 Å². The van der Waals surface area contributed by atoms with E-state index in [1.54, 1.807) is 6.08 Å². The van der Waals surface area contributed by atoms with Crippen LogP contribution >= 0.6 is 0 Å². The van der Waals surface area contributed by atoms with Crippen LogP contribution in [-0.2, 0) is 22.5 Å². The number of nitrogens with zero attached hydrogens (tertiary/aromatic N) is 2. The fourth-order valence-electron chi connectivity index (χ4n) is 4.08. The highest BCUT2D eigenvalue weighted by molar-refractivity contribution is 6.06. The molecule has 0 radical (unpaired) electrons. The second-order valence-corrected chi connectivity index (χ2v) is 8.17. The number of fused-ring (bicyclic) bond motifs is 1. The summed E-state index contributed by atoms with van der Waals surface area (Å²) in [7, 11) is 1.49. The second kappa shape index (κ2) is 10.9. The van der Waals surface area contributed by atoms with Crippen LogP contribution in [0, 0.1) is 0 Å². The SMILES string of the molecule is CCc1oc2ccccc2c1/C=C/C(=O)N(CCOC)c1c(N)n(Cc2ccccc2)c(=O)[nH]c1=O. The van der Waals surface area contributed by atoms with Crippen LogP contribution in [0.1, 0.15) is 23.8 Å². The molecule has 0 spiro atoms. The van der Waals surface area contributed by atoms with Gasteiger partial charge in [-0.15, -0.1) is 0 Å². The monoisotopic (exact) mass is 488 g/mol. The third kappa shape index (κ3) is 5.01. The van der Waals surface area contributed by atoms with E-state index in [2.05, 4.69) is 4.98 Å². The van der Waals surface area contributed by atoms with E-state index in [1.165, 1.54) is 22.7 Å². The molecule has 0 saturated carbocycles. The van der Waals surface area contributed by atoms with Crippen molar-refractivity contribution < 1.29 is 13.9 Å². The molecule has 2 aromatic heterocycles. The summed E-state index contributed by atoms with van der Waals surface area (Å²) in [5, 5.41) is 0.885. The van der Waals surface area contributed by atoms with Gasteiger partial charge in [-0.2, -0.15) is 0 Å². The molecule has 0 fully saturated rings. The molecular weight excluding hydrogens is 460 g/mol. The Morgan fingerprint density at radius 2 is 1.86 bits per heavy atom. The Morgan fingerprint density at radius 1 is 1.14 bits per heavy atom. The molecule has 0 saturated heterocycles. The summed E-state index contributed by atoms with van der Waals surface area (Å²) in [6.07, 6.45) is 3.70. The molecule has 4 aromatic rings. The van der Waals surface area contributed by atoms with Crippen molar-refractivity contribution in [1.82, 2.24) is 9.55 Å². The van der Waals surface area contributed by atoms with Gasteiger partial charge in [0.15, 0.2) is 5.69 Å². The van der Waals surface area contributed by atoms with Gasteiger partial charge in [-0.1, -0.05) is 55.5 Å². The summed E-state index contributed by atoms with van der Waals surface area (Å²) in [6, 6.07) is 16.8. The highest BCUT2D eigenvalue weighted by Gasteiger charge is 2.23. The molecule has 4 rings (SSSR count). The van der Waals surface area contributed by atoms with E-state index < -0.39 is 17.2 Å². The van der Waals surface area contributed by atoms with Crippen LogP contribution in [0.5, 0.6) is 0 Å². The van der Waals surface area contributed by atoms with Crippen LogP contribution in [0.2, 0.25) is 0 Å². The maximum absolute atomic E-state index is 13.4. The number of aromatic nitrogens is 2. The first-order valence-electron chi connectivity index (χ1n) is 11.6. The van der Waals surface area contributed by atoms with Gasteiger partial charge in [-0.3, -0.25) is 24.0 Å². The van der Waals surface area contributed by atoms with Crippen LogP contribution in [0.15, 0.2) is 74.7 Å².